The van der Waals surface area contributed by atoms with Crippen LogP contribution < -0.4 is 48.7 Å². The molecule has 0 spiro atoms. The van der Waals surface area contributed by atoms with Crippen molar-refractivity contribution in [2.75, 3.05) is 73.9 Å². The van der Waals surface area contributed by atoms with Crippen molar-refractivity contribution in [3.05, 3.63) is 213 Å². The lowest BCUT2D eigenvalue weighted by molar-refractivity contribution is -0.147. The molecule has 26 nitrogen and oxygen atoms in total. The molecule has 0 bridgehead atoms. The second kappa shape index (κ2) is 53.8. The second-order valence-corrected chi connectivity index (χ2v) is 25.9. The zero-order valence-electron chi connectivity index (χ0n) is 66.5. The van der Waals surface area contributed by atoms with Gasteiger partial charge in [-0.25, -0.2) is 34.2 Å². The highest BCUT2D eigenvalue weighted by Gasteiger charge is 2.33. The molecule has 0 heterocycles. The third kappa shape index (κ3) is 36.4. The van der Waals surface area contributed by atoms with Crippen molar-refractivity contribution in [3.8, 4) is 46.0 Å². The SMILES string of the molecule is C=CC(=O)OCCCCCCOc1ccc(OC)cc1.C=CC(=O)OCCCCOc1ccc(OC)cc1.C=CC(=O)OCOC(=O)c1ccc(OC)cc1.C=CC(=O)OCOC(=O)c1ccc(OC)cc1.CCC(C)(NNc1cc(OC(=O)C2CCC(C(C)=O)CC2)ccc1OC(=O)C1CCC(C(C)=O)CC1)c1ccccc1. The van der Waals surface area contributed by atoms with Gasteiger partial charge >= 0.3 is 47.8 Å². The summed E-state index contributed by atoms with van der Waals surface area (Å²) < 4.78 is 71.0. The van der Waals surface area contributed by atoms with E-state index in [9.17, 15) is 47.9 Å². The van der Waals surface area contributed by atoms with Crippen LogP contribution in [0.2, 0.25) is 0 Å². The summed E-state index contributed by atoms with van der Waals surface area (Å²) in [5.41, 5.74) is 8.46. The number of carbonyl (C=O) groups is 10. The first-order valence-electron chi connectivity index (χ1n) is 37.5. The van der Waals surface area contributed by atoms with Crippen LogP contribution in [0.4, 0.5) is 5.69 Å². The van der Waals surface area contributed by atoms with E-state index in [1.54, 1.807) is 94.8 Å². The maximum atomic E-state index is 13.2. The summed E-state index contributed by atoms with van der Waals surface area (Å²) >= 11 is 0. The van der Waals surface area contributed by atoms with E-state index < -0.39 is 43.0 Å². The minimum absolute atomic E-state index is 0.0201. The molecule has 114 heavy (non-hydrogen) atoms. The molecule has 0 aromatic heterocycles. The quantitative estimate of drug-likeness (QED) is 0.00688. The normalized spacial score (nSPS) is 14.7. The standard InChI is InChI=1S/C34H44N2O6.C16H22O4.C14H18O4.2C12H12O5/c1-5-34(4,28-9-7-6-8-10-28)36-35-30-21-29(41-32(39)26-15-11-24(12-16-26)22(2)37)19-20-31(30)42-33(40)27-17-13-25(14-18-27)23(3)38;1-3-16(17)20-13-7-5-4-6-12-19-15-10-8-14(18-2)9-11-15;1-3-14(15)18-11-5-4-10-17-13-8-6-12(16-2)7-9-13;2*1-3-11(13)16-8-17-12(14)9-4-6-10(15-2)7-5-9/h6-10,19-21,24-27,35-36H,5,11-18H2,1-4H3;3,8-11H,1,4-7,12-13H2,2H3;3,6-9H,1,4-5,10-11H2,2H3;2*3-7H,1,8H2,2H3. The Morgan fingerprint density at radius 1 is 0.395 bits per heavy atom. The topological polar surface area (TPSA) is 324 Å². The number of benzene rings is 6. The van der Waals surface area contributed by atoms with Gasteiger partial charge in [-0.15, -0.1) is 0 Å². The molecule has 6 aromatic rings. The Bertz CT molecular complexity index is 3900. The average molecular weight is 1580 g/mol. The number of hydrogen-bond acceptors (Lipinski definition) is 26. The Balaban J connectivity index is 0.000000322. The fraction of sp³-hybridized carbons (Fsp3) is 0.386. The van der Waals surface area contributed by atoms with Crippen molar-refractivity contribution in [2.45, 2.75) is 130 Å². The summed E-state index contributed by atoms with van der Waals surface area (Å²) in [6, 6.07) is 42.7. The fourth-order valence-electron chi connectivity index (χ4n) is 11.0. The zero-order valence-corrected chi connectivity index (χ0v) is 66.5. The van der Waals surface area contributed by atoms with Crippen LogP contribution in [0.25, 0.3) is 0 Å². The van der Waals surface area contributed by atoms with Crippen molar-refractivity contribution in [1.29, 1.82) is 0 Å². The first kappa shape index (κ1) is 94.3. The van der Waals surface area contributed by atoms with E-state index in [1.807, 2.05) is 66.7 Å². The number of methoxy groups -OCH3 is 4. The fourth-order valence-corrected chi connectivity index (χ4v) is 11.0. The Kier molecular flexibility index (Phi) is 44.5. The lowest BCUT2D eigenvalue weighted by Crippen LogP contribution is -2.42. The van der Waals surface area contributed by atoms with Gasteiger partial charge in [0.25, 0.3) is 0 Å². The number of ether oxygens (including phenoxy) is 14. The van der Waals surface area contributed by atoms with E-state index in [2.05, 4.69) is 72.6 Å². The van der Waals surface area contributed by atoms with E-state index in [1.165, 1.54) is 20.3 Å². The van der Waals surface area contributed by atoms with Gasteiger partial charge in [-0.3, -0.25) is 19.2 Å². The average Bonchev–Trinajstić information content (AvgIpc) is 0.814. The smallest absolute Gasteiger partial charge is 0.341 e. The molecule has 614 valence electrons. The first-order valence-corrected chi connectivity index (χ1v) is 37.5. The van der Waals surface area contributed by atoms with Crippen LogP contribution in [0, 0.1) is 23.7 Å². The van der Waals surface area contributed by atoms with Crippen molar-refractivity contribution in [3.63, 3.8) is 0 Å². The third-order valence-electron chi connectivity index (χ3n) is 18.1. The zero-order chi connectivity index (χ0) is 83.5. The lowest BCUT2D eigenvalue weighted by atomic mass is 9.80. The molecule has 0 aliphatic heterocycles. The van der Waals surface area contributed by atoms with Gasteiger partial charge < -0.3 is 71.7 Å². The van der Waals surface area contributed by atoms with Crippen LogP contribution in [0.5, 0.6) is 46.0 Å². The molecule has 2 aliphatic rings. The number of Topliss-reactive ketones (excluding diaryl/α,β-unsaturated/α-hetero) is 2. The van der Waals surface area contributed by atoms with Crippen LogP contribution in [0.15, 0.2) is 196 Å². The van der Waals surface area contributed by atoms with E-state index in [-0.39, 0.29) is 59.1 Å². The summed E-state index contributed by atoms with van der Waals surface area (Å²) in [7, 11) is 6.33. The molecule has 2 fully saturated rings. The molecule has 6 aromatic carbocycles. The minimum Gasteiger partial charge on any atom is -0.497 e. The molecular formula is C88H108N2O24. The number of carbonyl (C=O) groups excluding carboxylic acids is 10. The van der Waals surface area contributed by atoms with Crippen molar-refractivity contribution in [1.82, 2.24) is 5.43 Å². The molecule has 0 amide bonds. The Hall–Kier alpha value is -12.1. The Labute approximate surface area is 667 Å². The van der Waals surface area contributed by atoms with Crippen LogP contribution in [-0.4, -0.2) is 128 Å². The van der Waals surface area contributed by atoms with Gasteiger partial charge in [0, 0.05) is 42.2 Å². The number of hydrazine groups is 1. The monoisotopic (exact) mass is 1580 g/mol. The number of rotatable bonds is 39. The highest BCUT2D eigenvalue weighted by molar-refractivity contribution is 5.90. The number of anilines is 1. The number of unbranched alkanes of at least 4 members (excludes halogenated alkanes) is 4. The first-order chi connectivity index (χ1) is 54.9. The van der Waals surface area contributed by atoms with Crippen LogP contribution in [-0.2, 0) is 72.3 Å². The van der Waals surface area contributed by atoms with Gasteiger partial charge in [-0.2, -0.15) is 0 Å². The molecular weight excluding hydrogens is 1470 g/mol. The molecule has 2 N–H and O–H groups in total. The van der Waals surface area contributed by atoms with E-state index in [0.717, 1.165) is 91.7 Å². The van der Waals surface area contributed by atoms with Crippen LogP contribution >= 0.6 is 0 Å². The number of hydrogen-bond donors (Lipinski definition) is 2. The van der Waals surface area contributed by atoms with Gasteiger partial charge in [0.2, 0.25) is 13.6 Å². The van der Waals surface area contributed by atoms with Gasteiger partial charge in [0.15, 0.2) is 5.75 Å². The molecule has 2 aliphatic carbocycles. The second-order valence-electron chi connectivity index (χ2n) is 25.9. The molecule has 1 unspecified atom stereocenters. The van der Waals surface area contributed by atoms with Gasteiger partial charge in [-0.05, 0) is 232 Å². The predicted octanol–water partition coefficient (Wildman–Crippen LogP) is 15.6. The molecule has 8 rings (SSSR count). The van der Waals surface area contributed by atoms with Gasteiger partial charge in [-0.1, -0.05) is 63.6 Å². The van der Waals surface area contributed by atoms with Crippen molar-refractivity contribution >= 4 is 65.0 Å². The van der Waals surface area contributed by atoms with Crippen molar-refractivity contribution in [2.24, 2.45) is 23.7 Å². The van der Waals surface area contributed by atoms with Gasteiger partial charge in [0.05, 0.1) is 89.1 Å². The summed E-state index contributed by atoms with van der Waals surface area (Å²) in [6.45, 7) is 21.7. The highest BCUT2D eigenvalue weighted by atomic mass is 16.7. The van der Waals surface area contributed by atoms with E-state index in [0.29, 0.717) is 118 Å². The summed E-state index contributed by atoms with van der Waals surface area (Å²) in [4.78, 5) is 115. The number of nitrogens with one attached hydrogen (secondary N) is 2. The summed E-state index contributed by atoms with van der Waals surface area (Å²) in [5, 5.41) is 0. The summed E-state index contributed by atoms with van der Waals surface area (Å²) in [5.74, 6) is 1.29. The number of esters is 8. The maximum Gasteiger partial charge on any atom is 0.341 e. The minimum atomic E-state index is -0.646. The lowest BCUT2D eigenvalue weighted by Gasteiger charge is -2.31. The molecule has 26 heteroatoms. The van der Waals surface area contributed by atoms with Crippen LogP contribution in [0.3, 0.4) is 0 Å². The van der Waals surface area contributed by atoms with Crippen LogP contribution in [0.1, 0.15) is 150 Å². The number of ketones is 2. The predicted molar refractivity (Wildman–Crippen MR) is 427 cm³/mol. The molecule has 2 saturated carbocycles. The van der Waals surface area contributed by atoms with Crippen molar-refractivity contribution < 1.29 is 114 Å². The third-order valence-corrected chi connectivity index (χ3v) is 18.1. The Morgan fingerprint density at radius 2 is 0.728 bits per heavy atom. The molecule has 0 radical (unpaired) electrons. The van der Waals surface area contributed by atoms with E-state index >= 15 is 0 Å². The molecule has 1 atom stereocenters. The largest absolute Gasteiger partial charge is 0.497 e. The maximum absolute atomic E-state index is 13.2. The molecule has 0 saturated heterocycles. The Morgan fingerprint density at radius 3 is 1.11 bits per heavy atom. The highest BCUT2D eigenvalue weighted by Crippen LogP contribution is 2.37. The van der Waals surface area contributed by atoms with Gasteiger partial charge in [0.1, 0.15) is 51.8 Å². The van der Waals surface area contributed by atoms with E-state index in [4.69, 9.17) is 56.8 Å². The summed E-state index contributed by atoms with van der Waals surface area (Å²) in [6.07, 6.45) is 15.9.